The highest BCUT2D eigenvalue weighted by atomic mass is 16.5. The summed E-state index contributed by atoms with van der Waals surface area (Å²) >= 11 is 0. The molecule has 0 fully saturated rings. The van der Waals surface area contributed by atoms with Crippen LogP contribution in [0.15, 0.2) is 36.5 Å². The summed E-state index contributed by atoms with van der Waals surface area (Å²) in [5, 5.41) is 1.12. The van der Waals surface area contributed by atoms with Crippen molar-refractivity contribution in [2.24, 2.45) is 0 Å². The Bertz CT molecular complexity index is 566. The fourth-order valence-corrected chi connectivity index (χ4v) is 1.65. The summed E-state index contributed by atoms with van der Waals surface area (Å²) in [7, 11) is 0. The minimum absolute atomic E-state index is 0.493. The molecule has 0 bridgehead atoms. The third-order valence-corrected chi connectivity index (χ3v) is 2.64. The van der Waals surface area contributed by atoms with E-state index in [1.807, 2.05) is 24.3 Å². The molecule has 0 N–H and O–H groups in total. The number of benzene rings is 1. The van der Waals surface area contributed by atoms with Crippen LogP contribution in [-0.4, -0.2) is 18.2 Å². The van der Waals surface area contributed by atoms with Crippen molar-refractivity contribution in [1.82, 2.24) is 4.98 Å². The number of hydrogen-bond acceptors (Lipinski definition) is 2. The molecule has 18 heavy (non-hydrogen) atoms. The van der Waals surface area contributed by atoms with Crippen LogP contribution in [0.4, 0.5) is 0 Å². The second kappa shape index (κ2) is 6.78. The van der Waals surface area contributed by atoms with Crippen LogP contribution in [0.5, 0.6) is 0 Å². The Morgan fingerprint density at radius 2 is 2.17 bits per heavy atom. The molecule has 1 aromatic carbocycles. The molecule has 0 aliphatic carbocycles. The van der Waals surface area contributed by atoms with Crippen molar-refractivity contribution in [2.75, 3.05) is 13.2 Å². The molecule has 0 spiro atoms. The summed E-state index contributed by atoms with van der Waals surface area (Å²) < 4.78 is 5.39. The van der Waals surface area contributed by atoms with Gasteiger partial charge in [-0.25, -0.2) is 0 Å². The van der Waals surface area contributed by atoms with Gasteiger partial charge in [0.05, 0.1) is 5.52 Å². The third-order valence-electron chi connectivity index (χ3n) is 2.64. The summed E-state index contributed by atoms with van der Waals surface area (Å²) in [5.74, 6) is 6.09. The van der Waals surface area contributed by atoms with E-state index in [-0.39, 0.29) is 0 Å². The normalized spacial score (nSPS) is 10.1. The largest absolute Gasteiger partial charge is 0.369 e. The van der Waals surface area contributed by atoms with Crippen LogP contribution in [0.2, 0.25) is 0 Å². The smallest absolute Gasteiger partial charge is 0.108 e. The van der Waals surface area contributed by atoms with Crippen LogP contribution in [-0.2, 0) is 4.74 Å². The maximum absolute atomic E-state index is 5.39. The minimum Gasteiger partial charge on any atom is -0.369 e. The first-order valence-electron chi connectivity index (χ1n) is 6.31. The Morgan fingerprint density at radius 1 is 1.28 bits per heavy atom. The molecule has 2 nitrogen and oxygen atoms in total. The lowest BCUT2D eigenvalue weighted by atomic mass is 10.2. The Balaban J connectivity index is 1.97. The van der Waals surface area contributed by atoms with Gasteiger partial charge in [-0.15, -0.1) is 0 Å². The molecule has 0 saturated heterocycles. The van der Waals surface area contributed by atoms with Gasteiger partial charge in [0.2, 0.25) is 0 Å². The molecule has 92 valence electrons. The predicted octanol–water partition coefficient (Wildman–Crippen LogP) is 3.40. The molecule has 0 aliphatic rings. The zero-order chi connectivity index (χ0) is 12.6. The molecule has 0 unspecified atom stereocenters. The fourth-order valence-electron chi connectivity index (χ4n) is 1.65. The highest BCUT2D eigenvalue weighted by Crippen LogP contribution is 2.11. The van der Waals surface area contributed by atoms with Crippen LogP contribution < -0.4 is 0 Å². The van der Waals surface area contributed by atoms with Crippen molar-refractivity contribution >= 4 is 10.9 Å². The number of rotatable bonds is 4. The molecule has 0 amide bonds. The first-order valence-corrected chi connectivity index (χ1v) is 6.31. The molecule has 0 radical (unpaired) electrons. The summed E-state index contributed by atoms with van der Waals surface area (Å²) in [4.78, 5) is 4.37. The van der Waals surface area contributed by atoms with Crippen LogP contribution >= 0.6 is 0 Å². The van der Waals surface area contributed by atoms with Gasteiger partial charge < -0.3 is 4.74 Å². The molecule has 2 rings (SSSR count). The van der Waals surface area contributed by atoms with E-state index in [2.05, 4.69) is 29.8 Å². The van der Waals surface area contributed by atoms with Gasteiger partial charge in [-0.3, -0.25) is 4.98 Å². The first-order chi connectivity index (χ1) is 8.90. The van der Waals surface area contributed by atoms with Crippen molar-refractivity contribution in [1.29, 1.82) is 0 Å². The molecule has 0 aliphatic heterocycles. The number of pyridine rings is 1. The topological polar surface area (TPSA) is 22.1 Å². The number of hydrogen-bond donors (Lipinski definition) is 0. The first kappa shape index (κ1) is 12.6. The van der Waals surface area contributed by atoms with Gasteiger partial charge in [-0.1, -0.05) is 43.4 Å². The van der Waals surface area contributed by atoms with Crippen LogP contribution in [0.25, 0.3) is 10.9 Å². The SMILES string of the molecule is CCCCOCC#Cc1cnc2ccccc2c1. The van der Waals surface area contributed by atoms with Crippen molar-refractivity contribution in [2.45, 2.75) is 19.8 Å². The van der Waals surface area contributed by atoms with Gasteiger partial charge in [-0.2, -0.15) is 0 Å². The van der Waals surface area contributed by atoms with Crippen LogP contribution in [0, 0.1) is 11.8 Å². The highest BCUT2D eigenvalue weighted by Gasteiger charge is 1.93. The Labute approximate surface area is 108 Å². The molecular formula is C16H17NO. The van der Waals surface area contributed by atoms with Crippen molar-refractivity contribution in [3.8, 4) is 11.8 Å². The monoisotopic (exact) mass is 239 g/mol. The van der Waals surface area contributed by atoms with E-state index in [0.29, 0.717) is 6.61 Å². The average molecular weight is 239 g/mol. The van der Waals surface area contributed by atoms with E-state index in [9.17, 15) is 0 Å². The number of para-hydroxylation sites is 1. The predicted molar refractivity (Wildman–Crippen MR) is 74.3 cm³/mol. The van der Waals surface area contributed by atoms with Crippen LogP contribution in [0.3, 0.4) is 0 Å². The molecule has 2 heteroatoms. The van der Waals surface area contributed by atoms with E-state index in [0.717, 1.165) is 35.9 Å². The standard InChI is InChI=1S/C16H17NO/c1-2-3-10-18-11-6-7-14-12-15-8-4-5-9-16(15)17-13-14/h4-5,8-9,12-13H,2-3,10-11H2,1H3. The Kier molecular flexibility index (Phi) is 4.75. The van der Waals surface area contributed by atoms with Crippen molar-refractivity contribution < 1.29 is 4.74 Å². The van der Waals surface area contributed by atoms with E-state index in [4.69, 9.17) is 4.74 Å². The molecule has 2 aromatic rings. The summed E-state index contributed by atoms with van der Waals surface area (Å²) in [6, 6.07) is 10.1. The number of aromatic nitrogens is 1. The zero-order valence-electron chi connectivity index (χ0n) is 10.6. The average Bonchev–Trinajstić information content (AvgIpc) is 2.42. The maximum Gasteiger partial charge on any atom is 0.108 e. The summed E-state index contributed by atoms with van der Waals surface area (Å²) in [6.07, 6.45) is 4.06. The highest BCUT2D eigenvalue weighted by molar-refractivity contribution is 5.79. The second-order valence-corrected chi connectivity index (χ2v) is 4.12. The Morgan fingerprint density at radius 3 is 3.06 bits per heavy atom. The number of ether oxygens (including phenoxy) is 1. The van der Waals surface area contributed by atoms with Gasteiger partial charge >= 0.3 is 0 Å². The summed E-state index contributed by atoms with van der Waals surface area (Å²) in [6.45, 7) is 3.43. The zero-order valence-corrected chi connectivity index (χ0v) is 10.6. The molecular weight excluding hydrogens is 222 g/mol. The van der Waals surface area contributed by atoms with E-state index < -0.39 is 0 Å². The van der Waals surface area contributed by atoms with Gasteiger partial charge in [-0.05, 0) is 18.6 Å². The van der Waals surface area contributed by atoms with Gasteiger partial charge in [0.25, 0.3) is 0 Å². The lowest BCUT2D eigenvalue weighted by Crippen LogP contribution is -1.93. The van der Waals surface area contributed by atoms with E-state index >= 15 is 0 Å². The van der Waals surface area contributed by atoms with E-state index in [1.165, 1.54) is 0 Å². The number of nitrogens with zero attached hydrogens (tertiary/aromatic N) is 1. The van der Waals surface area contributed by atoms with Crippen molar-refractivity contribution in [3.05, 3.63) is 42.1 Å². The number of unbranched alkanes of at least 4 members (excludes halogenated alkanes) is 1. The van der Waals surface area contributed by atoms with Gasteiger partial charge in [0.1, 0.15) is 6.61 Å². The number of fused-ring (bicyclic) bond motifs is 1. The summed E-state index contributed by atoms with van der Waals surface area (Å²) in [5.41, 5.74) is 1.94. The second-order valence-electron chi connectivity index (χ2n) is 4.12. The maximum atomic E-state index is 5.39. The minimum atomic E-state index is 0.493. The van der Waals surface area contributed by atoms with Crippen molar-refractivity contribution in [3.63, 3.8) is 0 Å². The molecule has 1 heterocycles. The molecule has 0 saturated carbocycles. The Hall–Kier alpha value is -1.85. The van der Waals surface area contributed by atoms with Crippen LogP contribution in [0.1, 0.15) is 25.3 Å². The molecule has 0 atom stereocenters. The van der Waals surface area contributed by atoms with Gasteiger partial charge in [0.15, 0.2) is 0 Å². The third kappa shape index (κ3) is 3.58. The quantitative estimate of drug-likeness (QED) is 0.602. The van der Waals surface area contributed by atoms with E-state index in [1.54, 1.807) is 6.20 Å². The van der Waals surface area contributed by atoms with Gasteiger partial charge in [0, 0.05) is 23.8 Å². The lowest BCUT2D eigenvalue weighted by Gasteiger charge is -1.97. The molecule has 1 aromatic heterocycles. The fraction of sp³-hybridized carbons (Fsp3) is 0.312. The lowest BCUT2D eigenvalue weighted by molar-refractivity contribution is 0.163.